The fourth-order valence-corrected chi connectivity index (χ4v) is 3.46. The third-order valence-electron chi connectivity index (χ3n) is 3.97. The topological polar surface area (TPSA) is 71.6 Å². The summed E-state index contributed by atoms with van der Waals surface area (Å²) < 4.78 is 12.7. The summed E-state index contributed by atoms with van der Waals surface area (Å²) in [7, 11) is 1.63. The molecule has 0 amide bonds. The van der Waals surface area contributed by atoms with Gasteiger partial charge >= 0.3 is 0 Å². The van der Waals surface area contributed by atoms with Gasteiger partial charge in [-0.2, -0.15) is 0 Å². The number of aryl methyl sites for hydroxylation is 2. The Morgan fingerprint density at radius 2 is 1.89 bits per heavy atom. The van der Waals surface area contributed by atoms with Gasteiger partial charge in [-0.15, -0.1) is 0 Å². The van der Waals surface area contributed by atoms with Crippen LogP contribution in [0.3, 0.4) is 0 Å². The average molecular weight is 397 g/mol. The molecule has 0 aliphatic rings. The van der Waals surface area contributed by atoms with E-state index < -0.39 is 0 Å². The standard InChI is InChI=1S/C21H24N4O2S/c1-5-27-17-9-7-16(8-10-17)23-21(25-20(22)13-15(3)28-25)24-18-12-14(2)6-11-19(18)26-4/h6-13,22H,5H2,1-4H3,(H,23,24). The molecule has 1 aromatic heterocycles. The van der Waals surface area contributed by atoms with E-state index in [1.165, 1.54) is 11.5 Å². The van der Waals surface area contributed by atoms with Crippen molar-refractivity contribution in [2.75, 3.05) is 19.0 Å². The Kier molecular flexibility index (Phi) is 6.16. The molecule has 0 saturated carbocycles. The van der Waals surface area contributed by atoms with Gasteiger partial charge in [0.1, 0.15) is 22.7 Å². The summed E-state index contributed by atoms with van der Waals surface area (Å²) in [6.07, 6.45) is 0. The van der Waals surface area contributed by atoms with Crippen molar-refractivity contribution in [2.45, 2.75) is 20.8 Å². The highest BCUT2D eigenvalue weighted by molar-refractivity contribution is 7.07. The molecule has 0 bridgehead atoms. The Balaban J connectivity index is 2.04. The monoisotopic (exact) mass is 396 g/mol. The van der Waals surface area contributed by atoms with Crippen molar-refractivity contribution in [3.63, 3.8) is 0 Å². The molecule has 0 spiro atoms. The third kappa shape index (κ3) is 4.61. The lowest BCUT2D eigenvalue weighted by Crippen LogP contribution is -2.28. The third-order valence-corrected chi connectivity index (χ3v) is 4.93. The summed E-state index contributed by atoms with van der Waals surface area (Å²) in [5.74, 6) is 2.03. The molecule has 0 unspecified atom stereocenters. The molecule has 0 radical (unpaired) electrons. The van der Waals surface area contributed by atoms with Crippen LogP contribution in [0.4, 0.5) is 11.4 Å². The first kappa shape index (κ1) is 19.7. The normalized spacial score (nSPS) is 11.4. The number of benzene rings is 2. The van der Waals surface area contributed by atoms with Gasteiger partial charge in [-0.25, -0.2) is 8.95 Å². The van der Waals surface area contributed by atoms with Gasteiger partial charge in [0.15, 0.2) is 0 Å². The number of aromatic nitrogens is 1. The first-order valence-electron chi connectivity index (χ1n) is 8.98. The molecule has 3 aromatic rings. The summed E-state index contributed by atoms with van der Waals surface area (Å²) in [6.45, 7) is 6.56. The molecule has 0 atom stereocenters. The van der Waals surface area contributed by atoms with E-state index in [2.05, 4.69) is 5.32 Å². The van der Waals surface area contributed by atoms with Crippen LogP contribution in [0.2, 0.25) is 0 Å². The van der Waals surface area contributed by atoms with E-state index in [0.29, 0.717) is 29.5 Å². The number of nitrogens with one attached hydrogen (secondary N) is 2. The Morgan fingerprint density at radius 3 is 2.50 bits per heavy atom. The first-order chi connectivity index (χ1) is 13.5. The molecule has 7 heteroatoms. The zero-order valence-corrected chi connectivity index (χ0v) is 17.3. The van der Waals surface area contributed by atoms with Crippen molar-refractivity contribution in [3.8, 4) is 11.5 Å². The predicted octanol–water partition coefficient (Wildman–Crippen LogP) is 4.70. The molecular formula is C21H24N4O2S. The molecule has 146 valence electrons. The van der Waals surface area contributed by atoms with Crippen LogP contribution >= 0.6 is 11.5 Å². The van der Waals surface area contributed by atoms with E-state index in [1.807, 2.05) is 69.3 Å². The average Bonchev–Trinajstić information content (AvgIpc) is 3.01. The van der Waals surface area contributed by atoms with Gasteiger partial charge in [0, 0.05) is 10.6 Å². The van der Waals surface area contributed by atoms with E-state index in [0.717, 1.165) is 21.9 Å². The molecule has 0 saturated heterocycles. The fraction of sp³-hybridized carbons (Fsp3) is 0.238. The number of aliphatic imine (C=N–C) groups is 1. The number of rotatable bonds is 5. The van der Waals surface area contributed by atoms with Crippen LogP contribution in [0.1, 0.15) is 17.4 Å². The van der Waals surface area contributed by atoms with Crippen molar-refractivity contribution in [1.82, 2.24) is 3.96 Å². The summed E-state index contributed by atoms with van der Waals surface area (Å²) >= 11 is 1.46. The lowest BCUT2D eigenvalue weighted by Gasteiger charge is -2.13. The minimum atomic E-state index is 0.367. The maximum absolute atomic E-state index is 8.28. The number of nitrogens with zero attached hydrogens (tertiary/aromatic N) is 2. The van der Waals surface area contributed by atoms with Crippen molar-refractivity contribution in [3.05, 3.63) is 64.5 Å². The van der Waals surface area contributed by atoms with Crippen LogP contribution in [0, 0.1) is 19.3 Å². The Bertz CT molecular complexity index is 1040. The second-order valence-corrected chi connectivity index (χ2v) is 7.41. The number of ether oxygens (including phenoxy) is 2. The SMILES string of the molecule is CCOc1ccc(NC(=Nc2cc(C)ccc2OC)n2sc(C)cc2=N)cc1. The lowest BCUT2D eigenvalue weighted by molar-refractivity contribution is 0.340. The molecule has 1 heterocycles. The van der Waals surface area contributed by atoms with E-state index >= 15 is 0 Å². The van der Waals surface area contributed by atoms with Crippen molar-refractivity contribution in [2.24, 2.45) is 4.99 Å². The summed E-state index contributed by atoms with van der Waals surface area (Å²) in [6, 6.07) is 15.3. The van der Waals surface area contributed by atoms with Gasteiger partial charge in [0.05, 0.1) is 13.7 Å². The van der Waals surface area contributed by atoms with E-state index in [9.17, 15) is 0 Å². The van der Waals surface area contributed by atoms with Gasteiger partial charge in [0.25, 0.3) is 0 Å². The highest BCUT2D eigenvalue weighted by Gasteiger charge is 2.11. The molecule has 2 N–H and O–H groups in total. The van der Waals surface area contributed by atoms with Crippen LogP contribution in [-0.2, 0) is 0 Å². The highest BCUT2D eigenvalue weighted by atomic mass is 32.1. The van der Waals surface area contributed by atoms with Crippen molar-refractivity contribution < 1.29 is 9.47 Å². The van der Waals surface area contributed by atoms with Gasteiger partial charge in [-0.05, 0) is 68.8 Å². The molecular weight excluding hydrogens is 372 g/mol. The first-order valence-corrected chi connectivity index (χ1v) is 9.75. The molecule has 0 aliphatic carbocycles. The Labute approximate surface area is 168 Å². The van der Waals surface area contributed by atoms with E-state index in [-0.39, 0.29) is 0 Å². The van der Waals surface area contributed by atoms with Crippen LogP contribution in [0.25, 0.3) is 0 Å². The van der Waals surface area contributed by atoms with Gasteiger partial charge < -0.3 is 14.8 Å². The highest BCUT2D eigenvalue weighted by Crippen LogP contribution is 2.29. The Morgan fingerprint density at radius 1 is 1.14 bits per heavy atom. The minimum absolute atomic E-state index is 0.367. The predicted molar refractivity (Wildman–Crippen MR) is 114 cm³/mol. The van der Waals surface area contributed by atoms with Crippen LogP contribution in [-0.4, -0.2) is 23.6 Å². The fourth-order valence-electron chi connectivity index (χ4n) is 2.68. The lowest BCUT2D eigenvalue weighted by atomic mass is 10.2. The molecule has 6 nitrogen and oxygen atoms in total. The molecule has 0 fully saturated rings. The second-order valence-electron chi connectivity index (χ2n) is 6.22. The number of hydrogen-bond acceptors (Lipinski definition) is 5. The van der Waals surface area contributed by atoms with Crippen molar-refractivity contribution in [1.29, 1.82) is 5.41 Å². The molecule has 3 rings (SSSR count). The summed E-state index contributed by atoms with van der Waals surface area (Å²) in [4.78, 5) is 5.82. The second kappa shape index (κ2) is 8.75. The zero-order chi connectivity index (χ0) is 20.1. The van der Waals surface area contributed by atoms with Crippen molar-refractivity contribution >= 4 is 28.9 Å². The molecule has 2 aromatic carbocycles. The smallest absolute Gasteiger partial charge is 0.223 e. The number of hydrogen-bond donors (Lipinski definition) is 2. The molecule has 0 aliphatic heterocycles. The van der Waals surface area contributed by atoms with Crippen LogP contribution in [0.5, 0.6) is 11.5 Å². The number of methoxy groups -OCH3 is 1. The minimum Gasteiger partial charge on any atom is -0.494 e. The maximum Gasteiger partial charge on any atom is 0.223 e. The Hall–Kier alpha value is -3.06. The van der Waals surface area contributed by atoms with Gasteiger partial charge in [0.2, 0.25) is 5.96 Å². The number of anilines is 1. The van der Waals surface area contributed by atoms with E-state index in [1.54, 1.807) is 11.1 Å². The molecule has 28 heavy (non-hydrogen) atoms. The van der Waals surface area contributed by atoms with Gasteiger partial charge in [-0.1, -0.05) is 17.6 Å². The van der Waals surface area contributed by atoms with Crippen LogP contribution < -0.4 is 20.3 Å². The maximum atomic E-state index is 8.28. The zero-order valence-electron chi connectivity index (χ0n) is 16.4. The summed E-state index contributed by atoms with van der Waals surface area (Å²) in [5.41, 5.74) is 3.00. The quantitative estimate of drug-likeness (QED) is 0.485. The van der Waals surface area contributed by atoms with Crippen LogP contribution in [0.15, 0.2) is 53.5 Å². The summed E-state index contributed by atoms with van der Waals surface area (Å²) in [5, 5.41) is 11.6. The van der Waals surface area contributed by atoms with E-state index in [4.69, 9.17) is 19.9 Å². The largest absolute Gasteiger partial charge is 0.494 e. The van der Waals surface area contributed by atoms with Gasteiger partial charge in [-0.3, -0.25) is 5.41 Å².